The molecule has 0 spiro atoms. The number of hydrogen-bond donors (Lipinski definition) is 2. The third kappa shape index (κ3) is 2.49. The van der Waals surface area contributed by atoms with Gasteiger partial charge in [0.15, 0.2) is 0 Å². The van der Waals surface area contributed by atoms with E-state index in [1.165, 1.54) is 15.4 Å². The summed E-state index contributed by atoms with van der Waals surface area (Å²) >= 11 is 1.72. The minimum atomic E-state index is 0.790. The van der Waals surface area contributed by atoms with Crippen LogP contribution in [0.5, 0.6) is 0 Å². The lowest BCUT2D eigenvalue weighted by atomic mass is 10.2. The van der Waals surface area contributed by atoms with Crippen molar-refractivity contribution in [3.05, 3.63) is 48.0 Å². The number of nitrogen functional groups attached to an aromatic ring is 2. The number of aryl methyl sites for hydroxylation is 1. The van der Waals surface area contributed by atoms with Gasteiger partial charge in [-0.25, -0.2) is 0 Å². The Labute approximate surface area is 99.7 Å². The van der Waals surface area contributed by atoms with E-state index in [9.17, 15) is 0 Å². The number of hydrogen-bond acceptors (Lipinski definition) is 3. The summed E-state index contributed by atoms with van der Waals surface area (Å²) < 4.78 is 0. The van der Waals surface area contributed by atoms with Gasteiger partial charge in [0.25, 0.3) is 0 Å². The fourth-order valence-electron chi connectivity index (χ4n) is 1.45. The molecule has 2 aromatic rings. The van der Waals surface area contributed by atoms with Crippen molar-refractivity contribution in [3.63, 3.8) is 0 Å². The number of anilines is 2. The molecule has 0 aromatic heterocycles. The number of benzene rings is 2. The van der Waals surface area contributed by atoms with E-state index in [1.807, 2.05) is 42.5 Å². The first-order chi connectivity index (χ1) is 7.65. The summed E-state index contributed by atoms with van der Waals surface area (Å²) in [6.07, 6.45) is 0. The molecule has 0 unspecified atom stereocenters. The molecule has 0 saturated heterocycles. The Hall–Kier alpha value is -1.61. The summed E-state index contributed by atoms with van der Waals surface area (Å²) in [5, 5.41) is 0. The predicted octanol–water partition coefficient (Wildman–Crippen LogP) is 3.31. The standard InChI is InChI=1S/C13H14N2S/c1-9-8-11(15)4-7-13(9)16-12-5-2-10(14)3-6-12/h2-8H,14-15H2,1H3. The summed E-state index contributed by atoms with van der Waals surface area (Å²) in [5.74, 6) is 0. The van der Waals surface area contributed by atoms with Crippen molar-refractivity contribution >= 4 is 23.1 Å². The third-order valence-corrected chi connectivity index (χ3v) is 3.49. The second-order valence-electron chi connectivity index (χ2n) is 3.70. The molecule has 0 radical (unpaired) electrons. The van der Waals surface area contributed by atoms with Crippen LogP contribution < -0.4 is 11.5 Å². The minimum Gasteiger partial charge on any atom is -0.399 e. The quantitative estimate of drug-likeness (QED) is 0.778. The van der Waals surface area contributed by atoms with Crippen LogP contribution in [0.3, 0.4) is 0 Å². The van der Waals surface area contributed by atoms with E-state index in [4.69, 9.17) is 11.5 Å². The fourth-order valence-corrected chi connectivity index (χ4v) is 2.33. The average molecular weight is 230 g/mol. The third-order valence-electron chi connectivity index (χ3n) is 2.31. The Bertz CT molecular complexity index is 492. The van der Waals surface area contributed by atoms with E-state index in [2.05, 4.69) is 6.92 Å². The van der Waals surface area contributed by atoms with Crippen molar-refractivity contribution in [3.8, 4) is 0 Å². The van der Waals surface area contributed by atoms with E-state index in [0.29, 0.717) is 0 Å². The first kappa shape index (κ1) is 10.9. The van der Waals surface area contributed by atoms with Gasteiger partial charge < -0.3 is 11.5 Å². The Kier molecular flexibility index (Phi) is 3.06. The van der Waals surface area contributed by atoms with Crippen molar-refractivity contribution in [1.82, 2.24) is 0 Å². The zero-order valence-corrected chi connectivity index (χ0v) is 9.92. The van der Waals surface area contributed by atoms with Crippen LogP contribution in [0.4, 0.5) is 11.4 Å². The molecule has 0 heterocycles. The molecule has 0 saturated carbocycles. The van der Waals surface area contributed by atoms with Crippen LogP contribution in [0.15, 0.2) is 52.3 Å². The topological polar surface area (TPSA) is 52.0 Å². The van der Waals surface area contributed by atoms with Crippen LogP contribution in [-0.4, -0.2) is 0 Å². The summed E-state index contributed by atoms with van der Waals surface area (Å²) in [6.45, 7) is 2.07. The lowest BCUT2D eigenvalue weighted by molar-refractivity contribution is 1.29. The molecule has 3 heteroatoms. The summed E-state index contributed by atoms with van der Waals surface area (Å²) in [5.41, 5.74) is 14.2. The van der Waals surface area contributed by atoms with Crippen molar-refractivity contribution in [2.45, 2.75) is 16.7 Å². The van der Waals surface area contributed by atoms with E-state index < -0.39 is 0 Å². The van der Waals surface area contributed by atoms with E-state index in [1.54, 1.807) is 11.8 Å². The lowest BCUT2D eigenvalue weighted by Gasteiger charge is -2.06. The van der Waals surface area contributed by atoms with Crippen LogP contribution in [0.2, 0.25) is 0 Å². The molecular formula is C13H14N2S. The molecule has 0 aliphatic rings. The van der Waals surface area contributed by atoms with Gasteiger partial charge in [0.2, 0.25) is 0 Å². The lowest BCUT2D eigenvalue weighted by Crippen LogP contribution is -1.87. The normalized spacial score (nSPS) is 10.3. The molecule has 4 N–H and O–H groups in total. The molecule has 16 heavy (non-hydrogen) atoms. The van der Waals surface area contributed by atoms with Crippen molar-refractivity contribution in [2.75, 3.05) is 11.5 Å². The average Bonchev–Trinajstić information content (AvgIpc) is 2.25. The van der Waals surface area contributed by atoms with Gasteiger partial charge in [-0.05, 0) is 55.0 Å². The maximum Gasteiger partial charge on any atom is 0.0317 e. The molecule has 2 aromatic carbocycles. The van der Waals surface area contributed by atoms with E-state index in [-0.39, 0.29) is 0 Å². The van der Waals surface area contributed by atoms with Gasteiger partial charge in [-0.1, -0.05) is 11.8 Å². The summed E-state index contributed by atoms with van der Waals surface area (Å²) in [6, 6.07) is 13.8. The molecule has 2 nitrogen and oxygen atoms in total. The predicted molar refractivity (Wildman–Crippen MR) is 70.6 cm³/mol. The molecule has 82 valence electrons. The SMILES string of the molecule is Cc1cc(N)ccc1Sc1ccc(N)cc1. The van der Waals surface area contributed by atoms with Crippen LogP contribution >= 0.6 is 11.8 Å². The second-order valence-corrected chi connectivity index (χ2v) is 4.81. The largest absolute Gasteiger partial charge is 0.399 e. The molecule has 0 bridgehead atoms. The van der Waals surface area contributed by atoms with Crippen LogP contribution in [-0.2, 0) is 0 Å². The monoisotopic (exact) mass is 230 g/mol. The molecule has 0 atom stereocenters. The van der Waals surface area contributed by atoms with Gasteiger partial charge in [0.05, 0.1) is 0 Å². The van der Waals surface area contributed by atoms with Gasteiger partial charge in [0.1, 0.15) is 0 Å². The molecule has 2 rings (SSSR count). The zero-order valence-electron chi connectivity index (χ0n) is 9.10. The molecule has 0 aliphatic heterocycles. The van der Waals surface area contributed by atoms with Gasteiger partial charge in [-0.15, -0.1) is 0 Å². The van der Waals surface area contributed by atoms with Gasteiger partial charge in [-0.2, -0.15) is 0 Å². The fraction of sp³-hybridized carbons (Fsp3) is 0.0769. The first-order valence-electron chi connectivity index (χ1n) is 5.04. The molecule has 0 amide bonds. The van der Waals surface area contributed by atoms with Crippen LogP contribution in [0, 0.1) is 6.92 Å². The van der Waals surface area contributed by atoms with Crippen LogP contribution in [0.1, 0.15) is 5.56 Å². The minimum absolute atomic E-state index is 0.790. The number of nitrogens with two attached hydrogens (primary N) is 2. The molecule has 0 fully saturated rings. The Balaban J connectivity index is 2.23. The Morgan fingerprint density at radius 3 is 2.12 bits per heavy atom. The molecular weight excluding hydrogens is 216 g/mol. The highest BCUT2D eigenvalue weighted by Crippen LogP contribution is 2.31. The highest BCUT2D eigenvalue weighted by molar-refractivity contribution is 7.99. The highest BCUT2D eigenvalue weighted by atomic mass is 32.2. The Morgan fingerprint density at radius 2 is 1.50 bits per heavy atom. The summed E-state index contributed by atoms with van der Waals surface area (Å²) in [4.78, 5) is 2.40. The first-order valence-corrected chi connectivity index (χ1v) is 5.86. The van der Waals surface area contributed by atoms with E-state index >= 15 is 0 Å². The maximum absolute atomic E-state index is 5.71. The van der Waals surface area contributed by atoms with Crippen molar-refractivity contribution < 1.29 is 0 Å². The maximum atomic E-state index is 5.71. The van der Waals surface area contributed by atoms with Crippen LogP contribution in [0.25, 0.3) is 0 Å². The van der Waals surface area contributed by atoms with Gasteiger partial charge in [-0.3, -0.25) is 0 Å². The van der Waals surface area contributed by atoms with E-state index in [0.717, 1.165) is 11.4 Å². The van der Waals surface area contributed by atoms with Gasteiger partial charge >= 0.3 is 0 Å². The van der Waals surface area contributed by atoms with Gasteiger partial charge in [0, 0.05) is 21.2 Å². The second kappa shape index (κ2) is 4.49. The van der Waals surface area contributed by atoms with Crippen molar-refractivity contribution in [2.24, 2.45) is 0 Å². The Morgan fingerprint density at radius 1 is 0.875 bits per heavy atom. The van der Waals surface area contributed by atoms with Crippen molar-refractivity contribution in [1.29, 1.82) is 0 Å². The molecule has 0 aliphatic carbocycles. The highest BCUT2D eigenvalue weighted by Gasteiger charge is 2.01. The zero-order chi connectivity index (χ0) is 11.5. The number of rotatable bonds is 2. The summed E-state index contributed by atoms with van der Waals surface area (Å²) in [7, 11) is 0. The smallest absolute Gasteiger partial charge is 0.0317 e.